The maximum atomic E-state index is 12.8. The Morgan fingerprint density at radius 3 is 2.94 bits per heavy atom. The predicted molar refractivity (Wildman–Crippen MR) is 56.7 cm³/mol. The number of hydrogen-bond acceptors (Lipinski definition) is 6. The van der Waals surface area contributed by atoms with Gasteiger partial charge in [-0.05, 0) is 12.1 Å². The highest BCUT2D eigenvalue weighted by atomic mass is 19.1. The number of aromatic nitrogens is 5. The quantitative estimate of drug-likeness (QED) is 0.709. The summed E-state index contributed by atoms with van der Waals surface area (Å²) in [6.07, 6.45) is 1.31. The minimum atomic E-state index is -0.550. The number of rotatable bonds is 2. The van der Waals surface area contributed by atoms with Crippen molar-refractivity contribution >= 4 is 0 Å². The van der Waals surface area contributed by atoms with Crippen LogP contribution in [0.5, 0.6) is 5.75 Å². The lowest BCUT2D eigenvalue weighted by Gasteiger charge is -1.97. The van der Waals surface area contributed by atoms with Gasteiger partial charge in [0, 0.05) is 6.07 Å². The van der Waals surface area contributed by atoms with E-state index in [2.05, 4.69) is 25.3 Å². The molecule has 0 unspecified atom stereocenters. The summed E-state index contributed by atoms with van der Waals surface area (Å²) in [6, 6.07) is 3.50. The highest BCUT2D eigenvalue weighted by Gasteiger charge is 2.15. The van der Waals surface area contributed by atoms with Crippen molar-refractivity contribution in [2.75, 3.05) is 0 Å². The van der Waals surface area contributed by atoms with Crippen LogP contribution in [-0.2, 0) is 0 Å². The summed E-state index contributed by atoms with van der Waals surface area (Å²) in [5, 5.41) is 19.5. The summed E-state index contributed by atoms with van der Waals surface area (Å²) in [6.45, 7) is 0. The first-order valence-corrected chi connectivity index (χ1v) is 4.92. The van der Waals surface area contributed by atoms with Crippen LogP contribution >= 0.6 is 0 Å². The third-order valence-electron chi connectivity index (χ3n) is 2.24. The van der Waals surface area contributed by atoms with E-state index in [0.29, 0.717) is 5.82 Å². The monoisotopic (exact) mass is 247 g/mol. The number of nitrogens with zero attached hydrogens (tertiary/aromatic N) is 4. The van der Waals surface area contributed by atoms with Crippen LogP contribution in [0.4, 0.5) is 4.39 Å². The molecule has 0 saturated heterocycles. The van der Waals surface area contributed by atoms with Crippen molar-refractivity contribution in [3.63, 3.8) is 0 Å². The molecule has 3 aromatic rings. The molecule has 0 saturated carbocycles. The van der Waals surface area contributed by atoms with Gasteiger partial charge in [0.15, 0.2) is 5.82 Å². The first-order chi connectivity index (χ1) is 8.74. The fourth-order valence-electron chi connectivity index (χ4n) is 1.43. The van der Waals surface area contributed by atoms with Gasteiger partial charge >= 0.3 is 0 Å². The van der Waals surface area contributed by atoms with Crippen molar-refractivity contribution in [2.24, 2.45) is 0 Å². The van der Waals surface area contributed by atoms with Gasteiger partial charge in [-0.15, -0.1) is 0 Å². The molecule has 0 fully saturated rings. The van der Waals surface area contributed by atoms with Crippen LogP contribution in [0.1, 0.15) is 0 Å². The van der Waals surface area contributed by atoms with Crippen molar-refractivity contribution in [2.45, 2.75) is 0 Å². The number of nitrogens with one attached hydrogen (secondary N) is 1. The van der Waals surface area contributed by atoms with E-state index < -0.39 is 5.82 Å². The summed E-state index contributed by atoms with van der Waals surface area (Å²) in [5.41, 5.74) is 0.245. The lowest BCUT2D eigenvalue weighted by atomic mass is 10.2. The molecule has 2 heterocycles. The van der Waals surface area contributed by atoms with Gasteiger partial charge in [-0.3, -0.25) is 5.10 Å². The minimum absolute atomic E-state index is 0.0684. The fourth-order valence-corrected chi connectivity index (χ4v) is 1.43. The average molecular weight is 247 g/mol. The van der Waals surface area contributed by atoms with E-state index in [1.54, 1.807) is 0 Å². The molecule has 3 rings (SSSR count). The Labute approximate surface area is 99.3 Å². The van der Waals surface area contributed by atoms with Crippen molar-refractivity contribution in [1.29, 1.82) is 0 Å². The van der Waals surface area contributed by atoms with Gasteiger partial charge in [0.1, 0.15) is 17.9 Å². The van der Waals surface area contributed by atoms with E-state index in [1.165, 1.54) is 18.5 Å². The molecular formula is C10H6FN5O2. The Balaban J connectivity index is 2.03. The molecule has 0 spiro atoms. The molecule has 0 amide bonds. The fraction of sp³-hybridized carbons (Fsp3) is 0. The number of aromatic hydroxyl groups is 1. The largest absolute Gasteiger partial charge is 0.507 e. The number of benzene rings is 1. The zero-order valence-corrected chi connectivity index (χ0v) is 8.83. The zero-order valence-electron chi connectivity index (χ0n) is 8.83. The second-order valence-corrected chi connectivity index (χ2v) is 3.42. The predicted octanol–water partition coefficient (Wildman–Crippen LogP) is 1.37. The number of phenolic OH excluding ortho intramolecular Hbond substituents is 1. The molecule has 0 bridgehead atoms. The molecule has 1 aromatic carbocycles. The molecule has 0 atom stereocenters. The Morgan fingerprint density at radius 1 is 1.33 bits per heavy atom. The van der Waals surface area contributed by atoms with Gasteiger partial charge in [0.25, 0.3) is 5.89 Å². The van der Waals surface area contributed by atoms with Gasteiger partial charge in [0.05, 0.1) is 5.56 Å². The van der Waals surface area contributed by atoms with Crippen LogP contribution in [-0.4, -0.2) is 30.4 Å². The van der Waals surface area contributed by atoms with Gasteiger partial charge in [-0.1, -0.05) is 5.16 Å². The molecule has 90 valence electrons. The van der Waals surface area contributed by atoms with E-state index in [1.807, 2.05) is 0 Å². The third-order valence-corrected chi connectivity index (χ3v) is 2.24. The van der Waals surface area contributed by atoms with Crippen LogP contribution in [0.15, 0.2) is 29.0 Å². The van der Waals surface area contributed by atoms with Crippen LogP contribution < -0.4 is 0 Å². The second kappa shape index (κ2) is 3.91. The molecule has 0 aliphatic heterocycles. The van der Waals surface area contributed by atoms with Crippen LogP contribution in [0.3, 0.4) is 0 Å². The first kappa shape index (κ1) is 10.4. The number of aromatic amines is 1. The Hall–Kier alpha value is -2.77. The van der Waals surface area contributed by atoms with Gasteiger partial charge in [0.2, 0.25) is 5.82 Å². The number of H-pyrrole nitrogens is 1. The molecule has 0 radical (unpaired) electrons. The van der Waals surface area contributed by atoms with Gasteiger partial charge in [-0.25, -0.2) is 9.37 Å². The second-order valence-electron chi connectivity index (χ2n) is 3.42. The van der Waals surface area contributed by atoms with E-state index >= 15 is 0 Å². The smallest absolute Gasteiger partial charge is 0.262 e. The zero-order chi connectivity index (χ0) is 12.5. The molecule has 2 aromatic heterocycles. The summed E-state index contributed by atoms with van der Waals surface area (Å²) in [4.78, 5) is 7.88. The minimum Gasteiger partial charge on any atom is -0.507 e. The average Bonchev–Trinajstić information content (AvgIpc) is 2.99. The van der Waals surface area contributed by atoms with E-state index in [9.17, 15) is 9.50 Å². The number of halogens is 1. The molecular weight excluding hydrogens is 241 g/mol. The van der Waals surface area contributed by atoms with Gasteiger partial charge < -0.3 is 9.63 Å². The molecule has 0 aliphatic carbocycles. The molecule has 7 nitrogen and oxygen atoms in total. The van der Waals surface area contributed by atoms with Crippen molar-refractivity contribution in [3.05, 3.63) is 30.3 Å². The van der Waals surface area contributed by atoms with Crippen LogP contribution in [0, 0.1) is 5.82 Å². The number of hydrogen-bond donors (Lipinski definition) is 2. The van der Waals surface area contributed by atoms with Crippen LogP contribution in [0.2, 0.25) is 0 Å². The molecule has 2 N–H and O–H groups in total. The lowest BCUT2D eigenvalue weighted by molar-refractivity contribution is 0.424. The van der Waals surface area contributed by atoms with E-state index in [4.69, 9.17) is 4.52 Å². The van der Waals surface area contributed by atoms with Crippen molar-refractivity contribution in [3.8, 4) is 28.9 Å². The van der Waals surface area contributed by atoms with Crippen molar-refractivity contribution < 1.29 is 14.0 Å². The van der Waals surface area contributed by atoms with Crippen molar-refractivity contribution in [1.82, 2.24) is 25.3 Å². The summed E-state index contributed by atoms with van der Waals surface area (Å²) < 4.78 is 17.8. The number of phenols is 1. The highest BCUT2D eigenvalue weighted by Crippen LogP contribution is 2.29. The normalized spacial score (nSPS) is 10.7. The standard InChI is InChI=1S/C10H6FN5O2/c11-5-1-2-6(7(17)3-5)10-14-9(16-18-10)8-12-4-13-15-8/h1-4,17H,(H,12,13,15). The summed E-state index contributed by atoms with van der Waals surface area (Å²) in [5.74, 6) is -0.217. The molecule has 8 heteroatoms. The first-order valence-electron chi connectivity index (χ1n) is 4.92. The summed E-state index contributed by atoms with van der Waals surface area (Å²) >= 11 is 0. The Bertz CT molecular complexity index is 679. The van der Waals surface area contributed by atoms with Crippen LogP contribution in [0.25, 0.3) is 23.1 Å². The summed E-state index contributed by atoms with van der Waals surface area (Å²) in [7, 11) is 0. The maximum Gasteiger partial charge on any atom is 0.262 e. The Morgan fingerprint density at radius 2 is 2.22 bits per heavy atom. The topological polar surface area (TPSA) is 101 Å². The maximum absolute atomic E-state index is 12.8. The lowest BCUT2D eigenvalue weighted by Crippen LogP contribution is -1.84. The third kappa shape index (κ3) is 1.69. The molecule has 18 heavy (non-hydrogen) atoms. The highest BCUT2D eigenvalue weighted by molar-refractivity contribution is 5.63. The Kier molecular flexibility index (Phi) is 2.26. The van der Waals surface area contributed by atoms with Gasteiger partial charge in [-0.2, -0.15) is 10.1 Å². The molecule has 0 aliphatic rings. The SMILES string of the molecule is Oc1cc(F)ccc1-c1nc(-c2ncn[nH]2)no1. The van der Waals surface area contributed by atoms with E-state index in [0.717, 1.165) is 6.07 Å². The van der Waals surface area contributed by atoms with E-state index in [-0.39, 0.29) is 23.0 Å².